The minimum atomic E-state index is -0.711. The predicted molar refractivity (Wildman–Crippen MR) is 137 cm³/mol. The van der Waals surface area contributed by atoms with Crippen molar-refractivity contribution in [2.24, 2.45) is 0 Å². The van der Waals surface area contributed by atoms with Gasteiger partial charge in [-0.05, 0) is 41.5 Å². The molecule has 0 saturated heterocycles. The van der Waals surface area contributed by atoms with E-state index < -0.39 is 6.04 Å². The smallest absolute Gasteiger partial charge is 0.261 e. The molecule has 0 spiro atoms. The Bertz CT molecular complexity index is 1090. The quantitative estimate of drug-likeness (QED) is 0.350. The second-order valence-electron chi connectivity index (χ2n) is 7.33. The Morgan fingerprint density at radius 1 is 0.970 bits per heavy atom. The molecule has 3 aromatic rings. The lowest BCUT2D eigenvalue weighted by Gasteiger charge is -2.31. The van der Waals surface area contributed by atoms with E-state index in [0.29, 0.717) is 17.2 Å². The number of hydrogen-bond acceptors (Lipinski definition) is 3. The van der Waals surface area contributed by atoms with Crippen molar-refractivity contribution >= 4 is 55.3 Å². The van der Waals surface area contributed by atoms with E-state index >= 15 is 0 Å². The van der Waals surface area contributed by atoms with Gasteiger partial charge in [-0.1, -0.05) is 85.9 Å². The maximum atomic E-state index is 13.4. The molecule has 0 bridgehead atoms. The van der Waals surface area contributed by atoms with Gasteiger partial charge < -0.3 is 15.0 Å². The average Bonchev–Trinajstić information content (AvgIpc) is 2.82. The summed E-state index contributed by atoms with van der Waals surface area (Å²) in [6, 6.07) is 21.7. The van der Waals surface area contributed by atoms with Gasteiger partial charge >= 0.3 is 0 Å². The van der Waals surface area contributed by atoms with E-state index in [9.17, 15) is 9.59 Å². The third-order valence-electron chi connectivity index (χ3n) is 5.03. The molecule has 0 aromatic heterocycles. The van der Waals surface area contributed by atoms with Gasteiger partial charge in [0.25, 0.3) is 5.91 Å². The molecule has 3 rings (SSSR count). The van der Waals surface area contributed by atoms with Gasteiger partial charge in [-0.2, -0.15) is 0 Å². The molecule has 2 amide bonds. The molecule has 0 aliphatic rings. The number of nitrogens with zero attached hydrogens (tertiary/aromatic N) is 1. The Kier molecular flexibility index (Phi) is 9.35. The van der Waals surface area contributed by atoms with Crippen LogP contribution in [0, 0.1) is 0 Å². The second kappa shape index (κ2) is 12.2. The summed E-state index contributed by atoms with van der Waals surface area (Å²) in [7, 11) is 1.57. The van der Waals surface area contributed by atoms with Crippen LogP contribution in [0.5, 0.6) is 5.75 Å². The molecule has 172 valence electrons. The number of ether oxygens (including phenoxy) is 1. The van der Waals surface area contributed by atoms with Crippen LogP contribution in [0.15, 0.2) is 81.7 Å². The Morgan fingerprint density at radius 3 is 2.27 bits per heavy atom. The SMILES string of the molecule is CNC(=O)[C@@H](Cc1ccccc1)N(Cc1ccc(Br)cc1)C(=O)COc1ccc(Br)cc1Cl. The highest BCUT2D eigenvalue weighted by molar-refractivity contribution is 9.10. The van der Waals surface area contributed by atoms with Gasteiger partial charge in [0.1, 0.15) is 11.8 Å². The second-order valence-corrected chi connectivity index (χ2v) is 9.57. The highest BCUT2D eigenvalue weighted by atomic mass is 79.9. The van der Waals surface area contributed by atoms with Gasteiger partial charge in [0.2, 0.25) is 5.91 Å². The summed E-state index contributed by atoms with van der Waals surface area (Å²) in [5.41, 5.74) is 1.85. The molecule has 0 heterocycles. The lowest BCUT2D eigenvalue weighted by molar-refractivity contribution is -0.142. The van der Waals surface area contributed by atoms with Crippen molar-refractivity contribution in [2.75, 3.05) is 13.7 Å². The molecule has 0 saturated carbocycles. The summed E-state index contributed by atoms with van der Waals surface area (Å²) < 4.78 is 7.47. The first kappa shape index (κ1) is 25.3. The number of carbonyl (C=O) groups is 2. The molecule has 0 radical (unpaired) electrons. The topological polar surface area (TPSA) is 58.6 Å². The van der Waals surface area contributed by atoms with Crippen LogP contribution in [0.2, 0.25) is 5.02 Å². The zero-order chi connectivity index (χ0) is 23.8. The maximum Gasteiger partial charge on any atom is 0.261 e. The normalized spacial score (nSPS) is 11.5. The molecule has 0 fully saturated rings. The third-order valence-corrected chi connectivity index (χ3v) is 6.35. The minimum absolute atomic E-state index is 0.244. The van der Waals surface area contributed by atoms with Crippen LogP contribution < -0.4 is 10.1 Å². The average molecular weight is 595 g/mol. The maximum absolute atomic E-state index is 13.4. The van der Waals surface area contributed by atoms with E-state index in [1.54, 1.807) is 30.1 Å². The first-order valence-corrected chi connectivity index (χ1v) is 12.2. The molecule has 5 nitrogen and oxygen atoms in total. The molecule has 33 heavy (non-hydrogen) atoms. The number of likely N-dealkylation sites (N-methyl/N-ethyl adjacent to an activating group) is 1. The van der Waals surface area contributed by atoms with Crippen molar-refractivity contribution in [2.45, 2.75) is 19.0 Å². The number of rotatable bonds is 9. The van der Waals surface area contributed by atoms with Gasteiger partial charge in [0.05, 0.1) is 5.02 Å². The molecule has 1 N–H and O–H groups in total. The molecule has 3 aromatic carbocycles. The first-order chi connectivity index (χ1) is 15.9. The summed E-state index contributed by atoms with van der Waals surface area (Å²) >= 11 is 13.0. The molecule has 0 aliphatic heterocycles. The minimum Gasteiger partial charge on any atom is -0.482 e. The Balaban J connectivity index is 1.87. The van der Waals surface area contributed by atoms with Crippen LogP contribution in [0.4, 0.5) is 0 Å². The standard InChI is InChI=1S/C25H23Br2ClN2O3/c1-29-25(32)22(13-17-5-3-2-4-6-17)30(15-18-7-9-19(26)10-8-18)24(31)16-33-23-12-11-20(27)14-21(23)28/h2-12,14,22H,13,15-16H2,1H3,(H,29,32)/t22-/m1/s1. The van der Waals surface area contributed by atoms with Crippen LogP contribution >= 0.6 is 43.5 Å². The monoisotopic (exact) mass is 592 g/mol. The highest BCUT2D eigenvalue weighted by Crippen LogP contribution is 2.28. The zero-order valence-electron chi connectivity index (χ0n) is 17.9. The van der Waals surface area contributed by atoms with Crippen LogP contribution in [-0.4, -0.2) is 36.4 Å². The largest absolute Gasteiger partial charge is 0.482 e. The summed E-state index contributed by atoms with van der Waals surface area (Å²) in [5, 5.41) is 3.09. The van der Waals surface area contributed by atoms with E-state index in [2.05, 4.69) is 37.2 Å². The zero-order valence-corrected chi connectivity index (χ0v) is 21.9. The third kappa shape index (κ3) is 7.32. The van der Waals surface area contributed by atoms with Crippen LogP contribution in [0.3, 0.4) is 0 Å². The summed E-state index contributed by atoms with van der Waals surface area (Å²) in [6.07, 6.45) is 0.377. The van der Waals surface area contributed by atoms with Crippen molar-refractivity contribution in [3.8, 4) is 5.75 Å². The molecule has 1 atom stereocenters. The van der Waals surface area contributed by atoms with Crippen molar-refractivity contribution in [3.05, 3.63) is 97.9 Å². The van der Waals surface area contributed by atoms with Crippen LogP contribution in [-0.2, 0) is 22.6 Å². The molecule has 8 heteroatoms. The van der Waals surface area contributed by atoms with Gasteiger partial charge in [-0.3, -0.25) is 9.59 Å². The van der Waals surface area contributed by atoms with E-state index in [0.717, 1.165) is 20.1 Å². The molecular formula is C25H23Br2ClN2O3. The summed E-state index contributed by atoms with van der Waals surface area (Å²) in [5.74, 6) is -0.163. The van der Waals surface area contributed by atoms with E-state index in [1.165, 1.54) is 0 Å². The van der Waals surface area contributed by atoms with E-state index in [-0.39, 0.29) is 25.0 Å². The fourth-order valence-corrected chi connectivity index (χ4v) is 4.31. The number of hydrogen-bond donors (Lipinski definition) is 1. The fourth-order valence-electron chi connectivity index (χ4n) is 3.32. The molecule has 0 unspecified atom stereocenters. The van der Waals surface area contributed by atoms with Crippen molar-refractivity contribution in [3.63, 3.8) is 0 Å². The number of halogens is 3. The van der Waals surface area contributed by atoms with Crippen molar-refractivity contribution in [1.29, 1.82) is 0 Å². The number of amides is 2. The number of carbonyl (C=O) groups excluding carboxylic acids is 2. The van der Waals surface area contributed by atoms with Crippen LogP contribution in [0.25, 0.3) is 0 Å². The Morgan fingerprint density at radius 2 is 1.64 bits per heavy atom. The Hall–Kier alpha value is -2.35. The lowest BCUT2D eigenvalue weighted by Crippen LogP contribution is -2.51. The van der Waals surface area contributed by atoms with Gasteiger partial charge in [0, 0.05) is 29.0 Å². The molecular weight excluding hydrogens is 572 g/mol. The fraction of sp³-hybridized carbons (Fsp3) is 0.200. The summed E-state index contributed by atoms with van der Waals surface area (Å²) in [4.78, 5) is 27.8. The lowest BCUT2D eigenvalue weighted by atomic mass is 10.0. The predicted octanol–water partition coefficient (Wildman–Crippen LogP) is 5.63. The van der Waals surface area contributed by atoms with Gasteiger partial charge in [-0.25, -0.2) is 0 Å². The number of nitrogens with one attached hydrogen (secondary N) is 1. The Labute approximate surface area is 215 Å². The first-order valence-electron chi connectivity index (χ1n) is 10.2. The van der Waals surface area contributed by atoms with E-state index in [4.69, 9.17) is 16.3 Å². The van der Waals surface area contributed by atoms with Gasteiger partial charge in [-0.15, -0.1) is 0 Å². The van der Waals surface area contributed by atoms with Crippen molar-refractivity contribution in [1.82, 2.24) is 10.2 Å². The number of benzene rings is 3. The van der Waals surface area contributed by atoms with Crippen LogP contribution in [0.1, 0.15) is 11.1 Å². The summed E-state index contributed by atoms with van der Waals surface area (Å²) in [6.45, 7) is 0.00856. The van der Waals surface area contributed by atoms with E-state index in [1.807, 2.05) is 54.6 Å². The molecule has 0 aliphatic carbocycles. The highest BCUT2D eigenvalue weighted by Gasteiger charge is 2.30. The van der Waals surface area contributed by atoms with Crippen molar-refractivity contribution < 1.29 is 14.3 Å². The van der Waals surface area contributed by atoms with Gasteiger partial charge in [0.15, 0.2) is 6.61 Å².